The van der Waals surface area contributed by atoms with Crippen LogP contribution in [-0.4, -0.2) is 35.6 Å². The zero-order valence-corrected chi connectivity index (χ0v) is 15.1. The molecule has 3 rings (SSSR count). The highest BCUT2D eigenvalue weighted by atomic mass is 32.2. The van der Waals surface area contributed by atoms with E-state index >= 15 is 0 Å². The van der Waals surface area contributed by atoms with Crippen LogP contribution in [0.3, 0.4) is 0 Å². The van der Waals surface area contributed by atoms with Gasteiger partial charge in [0.2, 0.25) is 10.0 Å². The number of benzene rings is 2. The Labute approximate surface area is 148 Å². The maximum Gasteiger partial charge on any atom is 0.246 e. The number of aromatic nitrogens is 2. The third-order valence-corrected chi connectivity index (χ3v) is 6.12. The fourth-order valence-corrected chi connectivity index (χ4v) is 4.35. The van der Waals surface area contributed by atoms with E-state index in [9.17, 15) is 8.42 Å². The average Bonchev–Trinajstić information content (AvgIpc) is 3.10. The van der Waals surface area contributed by atoms with Gasteiger partial charge >= 0.3 is 0 Å². The minimum Gasteiger partial charge on any atom is -0.239 e. The highest BCUT2D eigenvalue weighted by Gasteiger charge is 2.28. The second-order valence-corrected chi connectivity index (χ2v) is 7.48. The third-order valence-electron chi connectivity index (χ3n) is 4.07. The van der Waals surface area contributed by atoms with Crippen LogP contribution in [-0.2, 0) is 10.0 Å². The SMILES string of the molecule is CCN(CC)S(=O)(=O)c1cn(-c2ccccc2)nc1-c1ccccc1. The normalized spacial score (nSPS) is 11.8. The molecular weight excluding hydrogens is 334 g/mol. The maximum absolute atomic E-state index is 13.1. The molecule has 0 aliphatic heterocycles. The monoisotopic (exact) mass is 355 g/mol. The lowest BCUT2D eigenvalue weighted by molar-refractivity contribution is 0.445. The van der Waals surface area contributed by atoms with Gasteiger partial charge in [-0.05, 0) is 12.1 Å². The van der Waals surface area contributed by atoms with Gasteiger partial charge in [-0.2, -0.15) is 9.40 Å². The topological polar surface area (TPSA) is 55.2 Å². The molecule has 0 aliphatic rings. The fourth-order valence-electron chi connectivity index (χ4n) is 2.76. The summed E-state index contributed by atoms with van der Waals surface area (Å²) in [4.78, 5) is 0.228. The zero-order valence-electron chi connectivity index (χ0n) is 14.3. The van der Waals surface area contributed by atoms with Crippen molar-refractivity contribution < 1.29 is 8.42 Å². The number of hydrogen-bond acceptors (Lipinski definition) is 3. The van der Waals surface area contributed by atoms with E-state index < -0.39 is 10.0 Å². The van der Waals surface area contributed by atoms with Crippen LogP contribution >= 0.6 is 0 Å². The van der Waals surface area contributed by atoms with Crippen LogP contribution in [0.4, 0.5) is 0 Å². The number of rotatable bonds is 6. The Kier molecular flexibility index (Phi) is 5.01. The van der Waals surface area contributed by atoms with Gasteiger partial charge < -0.3 is 0 Å². The van der Waals surface area contributed by atoms with Gasteiger partial charge in [0.1, 0.15) is 10.6 Å². The Morgan fingerprint density at radius 3 is 2.04 bits per heavy atom. The summed E-state index contributed by atoms with van der Waals surface area (Å²) in [6, 6.07) is 18.9. The van der Waals surface area contributed by atoms with Gasteiger partial charge in [-0.15, -0.1) is 0 Å². The quantitative estimate of drug-likeness (QED) is 0.679. The first-order valence-corrected chi connectivity index (χ1v) is 9.72. The fraction of sp³-hybridized carbons (Fsp3) is 0.211. The van der Waals surface area contributed by atoms with Crippen molar-refractivity contribution in [3.63, 3.8) is 0 Å². The lowest BCUT2D eigenvalue weighted by Gasteiger charge is -2.18. The summed E-state index contributed by atoms with van der Waals surface area (Å²) in [6.07, 6.45) is 1.60. The Balaban J connectivity index is 2.21. The molecular formula is C19H21N3O2S. The Hall–Kier alpha value is -2.44. The molecule has 6 heteroatoms. The number of sulfonamides is 1. The first-order valence-electron chi connectivity index (χ1n) is 8.28. The summed E-state index contributed by atoms with van der Waals surface area (Å²) >= 11 is 0. The smallest absolute Gasteiger partial charge is 0.239 e. The minimum absolute atomic E-state index is 0.228. The summed E-state index contributed by atoms with van der Waals surface area (Å²) < 4.78 is 29.3. The van der Waals surface area contributed by atoms with Crippen molar-refractivity contribution in [1.82, 2.24) is 14.1 Å². The molecule has 2 aromatic carbocycles. The molecule has 0 saturated heterocycles. The lowest BCUT2D eigenvalue weighted by Crippen LogP contribution is -2.30. The number of nitrogens with zero attached hydrogens (tertiary/aromatic N) is 3. The van der Waals surface area contributed by atoms with Gasteiger partial charge in [-0.25, -0.2) is 13.1 Å². The first kappa shape index (κ1) is 17.4. The summed E-state index contributed by atoms with van der Waals surface area (Å²) in [6.45, 7) is 4.52. The Bertz CT molecular complexity index is 931. The molecule has 0 N–H and O–H groups in total. The highest BCUT2D eigenvalue weighted by molar-refractivity contribution is 7.89. The van der Waals surface area contributed by atoms with E-state index in [0.29, 0.717) is 18.8 Å². The molecule has 1 heterocycles. The van der Waals surface area contributed by atoms with Gasteiger partial charge in [0.05, 0.1) is 11.9 Å². The molecule has 5 nitrogen and oxygen atoms in total. The molecule has 0 unspecified atom stereocenters. The molecule has 0 atom stereocenters. The highest BCUT2D eigenvalue weighted by Crippen LogP contribution is 2.29. The molecule has 3 aromatic rings. The Morgan fingerprint density at radius 1 is 0.920 bits per heavy atom. The second-order valence-electron chi connectivity index (χ2n) is 5.58. The van der Waals surface area contributed by atoms with Crippen LogP contribution in [0.25, 0.3) is 16.9 Å². The van der Waals surface area contributed by atoms with Crippen LogP contribution in [0.2, 0.25) is 0 Å². The molecule has 25 heavy (non-hydrogen) atoms. The van der Waals surface area contributed by atoms with Crippen molar-refractivity contribution >= 4 is 10.0 Å². The van der Waals surface area contributed by atoms with Crippen molar-refractivity contribution in [2.24, 2.45) is 0 Å². The summed E-state index contributed by atoms with van der Waals surface area (Å²) in [5.74, 6) is 0. The van der Waals surface area contributed by atoms with E-state index in [1.165, 1.54) is 4.31 Å². The molecule has 0 radical (unpaired) electrons. The molecule has 0 aliphatic carbocycles. The van der Waals surface area contributed by atoms with Crippen LogP contribution in [0.15, 0.2) is 71.8 Å². The number of para-hydroxylation sites is 1. The molecule has 1 aromatic heterocycles. The van der Waals surface area contributed by atoms with Crippen molar-refractivity contribution in [2.75, 3.05) is 13.1 Å². The van der Waals surface area contributed by atoms with E-state index in [4.69, 9.17) is 0 Å². The lowest BCUT2D eigenvalue weighted by atomic mass is 10.2. The standard InChI is InChI=1S/C19H21N3O2S/c1-3-21(4-2)25(23,24)18-15-22(17-13-9-6-10-14-17)20-19(18)16-11-7-5-8-12-16/h5-15H,3-4H2,1-2H3. The summed E-state index contributed by atoms with van der Waals surface area (Å²) in [5.41, 5.74) is 2.07. The average molecular weight is 355 g/mol. The van der Waals surface area contributed by atoms with Crippen LogP contribution < -0.4 is 0 Å². The summed E-state index contributed by atoms with van der Waals surface area (Å²) in [7, 11) is -3.62. The van der Waals surface area contributed by atoms with Crippen molar-refractivity contribution in [3.05, 3.63) is 66.9 Å². The van der Waals surface area contributed by atoms with Crippen molar-refractivity contribution in [3.8, 4) is 16.9 Å². The first-order chi connectivity index (χ1) is 12.1. The zero-order chi connectivity index (χ0) is 17.9. The summed E-state index contributed by atoms with van der Waals surface area (Å²) in [5, 5.41) is 4.58. The largest absolute Gasteiger partial charge is 0.246 e. The van der Waals surface area contributed by atoms with Gasteiger partial charge in [0.25, 0.3) is 0 Å². The molecule has 0 saturated carbocycles. The van der Waals surface area contributed by atoms with Crippen LogP contribution in [0, 0.1) is 0 Å². The molecule has 0 fully saturated rings. The van der Waals surface area contributed by atoms with Crippen molar-refractivity contribution in [1.29, 1.82) is 0 Å². The molecule has 0 amide bonds. The van der Waals surface area contributed by atoms with Crippen LogP contribution in [0.5, 0.6) is 0 Å². The van der Waals surface area contributed by atoms with Gasteiger partial charge in [-0.1, -0.05) is 62.4 Å². The predicted octanol–water partition coefficient (Wildman–Crippen LogP) is 3.57. The van der Waals surface area contributed by atoms with E-state index in [1.54, 1.807) is 10.9 Å². The van der Waals surface area contributed by atoms with E-state index in [1.807, 2.05) is 74.5 Å². The van der Waals surface area contributed by atoms with Crippen molar-refractivity contribution in [2.45, 2.75) is 18.7 Å². The molecule has 0 bridgehead atoms. The third kappa shape index (κ3) is 3.36. The van der Waals surface area contributed by atoms with Gasteiger partial charge in [-0.3, -0.25) is 0 Å². The van der Waals surface area contributed by atoms with E-state index in [2.05, 4.69) is 5.10 Å². The maximum atomic E-state index is 13.1. The predicted molar refractivity (Wildman–Crippen MR) is 99.1 cm³/mol. The number of hydrogen-bond donors (Lipinski definition) is 0. The second kappa shape index (κ2) is 7.21. The van der Waals surface area contributed by atoms with E-state index in [-0.39, 0.29) is 4.90 Å². The Morgan fingerprint density at radius 2 is 1.48 bits per heavy atom. The van der Waals surface area contributed by atoms with E-state index in [0.717, 1.165) is 11.3 Å². The van der Waals surface area contributed by atoms with Crippen LogP contribution in [0.1, 0.15) is 13.8 Å². The van der Waals surface area contributed by atoms with Gasteiger partial charge in [0.15, 0.2) is 0 Å². The molecule has 0 spiro atoms. The molecule has 130 valence electrons. The van der Waals surface area contributed by atoms with Gasteiger partial charge in [0, 0.05) is 18.7 Å². The minimum atomic E-state index is -3.62.